The number of para-hydroxylation sites is 1. The minimum absolute atomic E-state index is 0.0548. The summed E-state index contributed by atoms with van der Waals surface area (Å²) < 4.78 is 29.0. The van der Waals surface area contributed by atoms with Gasteiger partial charge in [-0.15, -0.1) is 0 Å². The maximum absolute atomic E-state index is 11.5. The Bertz CT molecular complexity index is 1420. The van der Waals surface area contributed by atoms with Crippen molar-refractivity contribution in [3.05, 3.63) is 95.7 Å². The molecule has 0 amide bonds. The molecule has 1 aliphatic rings. The van der Waals surface area contributed by atoms with Crippen molar-refractivity contribution < 1.29 is 13.2 Å². The molecule has 0 aliphatic carbocycles. The first-order chi connectivity index (χ1) is 15.8. The fraction of sp³-hybridized carbons (Fsp3) is 0.120. The first-order valence-electron chi connectivity index (χ1n) is 10.1. The third kappa shape index (κ3) is 4.58. The smallest absolute Gasteiger partial charge is 0.238 e. The second-order valence-corrected chi connectivity index (χ2v) is 9.26. The van der Waals surface area contributed by atoms with Gasteiger partial charge in [0.25, 0.3) is 0 Å². The summed E-state index contributed by atoms with van der Waals surface area (Å²) in [6.45, 7) is 4.80. The predicted molar refractivity (Wildman–Crippen MR) is 124 cm³/mol. The zero-order chi connectivity index (χ0) is 23.6. The fourth-order valence-corrected chi connectivity index (χ4v) is 4.39. The number of nitrogens with two attached hydrogens (primary N) is 1. The molecule has 164 valence electrons. The Balaban J connectivity index is 1.60. The molecule has 33 heavy (non-hydrogen) atoms. The van der Waals surface area contributed by atoms with E-state index in [0.717, 1.165) is 16.9 Å². The van der Waals surface area contributed by atoms with Crippen molar-refractivity contribution in [2.75, 3.05) is 11.4 Å². The summed E-state index contributed by atoms with van der Waals surface area (Å²) in [7, 11) is -3.75. The molecule has 1 atom stereocenters. The van der Waals surface area contributed by atoms with E-state index in [9.17, 15) is 18.9 Å². The van der Waals surface area contributed by atoms with E-state index >= 15 is 0 Å². The summed E-state index contributed by atoms with van der Waals surface area (Å²) in [5, 5.41) is 24.0. The van der Waals surface area contributed by atoms with Crippen LogP contribution in [0.15, 0.2) is 83.9 Å². The lowest BCUT2D eigenvalue weighted by Gasteiger charge is -2.20. The van der Waals surface area contributed by atoms with Crippen LogP contribution in [0, 0.1) is 22.7 Å². The molecule has 1 aliphatic heterocycles. The van der Waals surface area contributed by atoms with Gasteiger partial charge in [0, 0.05) is 23.8 Å². The number of anilines is 1. The van der Waals surface area contributed by atoms with Crippen LogP contribution in [0.25, 0.3) is 0 Å². The van der Waals surface area contributed by atoms with Crippen LogP contribution < -0.4 is 14.8 Å². The van der Waals surface area contributed by atoms with Crippen LogP contribution >= 0.6 is 0 Å². The quantitative estimate of drug-likeness (QED) is 0.608. The standard InChI is InChI=1S/C25H20N4O3S/c1-17-12-21(16-29(17)22-8-10-23(11-9-22)33(28,30)31)18-6-7-20(15-27)25(13-18)32-24-5-3-2-4-19(24)14-26/h2-11,13,21H,1,12,16H2,(H2,28,30,31)/t21-/m0/s1. The minimum atomic E-state index is -3.75. The van der Waals surface area contributed by atoms with Gasteiger partial charge >= 0.3 is 0 Å². The molecule has 1 fully saturated rings. The number of ether oxygens (including phenoxy) is 1. The molecule has 0 bridgehead atoms. The van der Waals surface area contributed by atoms with Crippen LogP contribution in [0.2, 0.25) is 0 Å². The van der Waals surface area contributed by atoms with Gasteiger partial charge in [-0.05, 0) is 60.5 Å². The van der Waals surface area contributed by atoms with Crippen molar-refractivity contribution >= 4 is 15.7 Å². The molecular formula is C25H20N4O3S. The molecule has 0 saturated carbocycles. The average Bonchev–Trinajstić information content (AvgIpc) is 3.20. The van der Waals surface area contributed by atoms with Crippen molar-refractivity contribution in [2.45, 2.75) is 17.2 Å². The van der Waals surface area contributed by atoms with Crippen LogP contribution in [0.5, 0.6) is 11.5 Å². The first kappa shape index (κ1) is 22.1. The van der Waals surface area contributed by atoms with Gasteiger partial charge < -0.3 is 9.64 Å². The molecule has 0 aromatic heterocycles. The van der Waals surface area contributed by atoms with Crippen molar-refractivity contribution in [1.82, 2.24) is 0 Å². The van der Waals surface area contributed by atoms with Crippen LogP contribution in [0.3, 0.4) is 0 Å². The normalized spacial score (nSPS) is 15.7. The van der Waals surface area contributed by atoms with Gasteiger partial charge in [-0.1, -0.05) is 24.8 Å². The highest BCUT2D eigenvalue weighted by atomic mass is 32.2. The van der Waals surface area contributed by atoms with Crippen molar-refractivity contribution in [3.8, 4) is 23.6 Å². The van der Waals surface area contributed by atoms with E-state index in [-0.39, 0.29) is 10.8 Å². The number of nitriles is 2. The Hall–Kier alpha value is -4.11. The van der Waals surface area contributed by atoms with E-state index in [1.54, 1.807) is 42.5 Å². The van der Waals surface area contributed by atoms with Gasteiger partial charge in [-0.3, -0.25) is 0 Å². The Morgan fingerprint density at radius 2 is 1.64 bits per heavy atom. The Labute approximate surface area is 192 Å². The van der Waals surface area contributed by atoms with Crippen LogP contribution in [0.1, 0.15) is 29.0 Å². The zero-order valence-corrected chi connectivity index (χ0v) is 18.4. The van der Waals surface area contributed by atoms with E-state index in [4.69, 9.17) is 9.88 Å². The van der Waals surface area contributed by atoms with Gasteiger partial charge in [0.2, 0.25) is 10.0 Å². The molecule has 1 saturated heterocycles. The number of primary sulfonamides is 1. The number of nitrogens with zero attached hydrogens (tertiary/aromatic N) is 3. The minimum Gasteiger partial charge on any atom is -0.455 e. The number of benzene rings is 3. The summed E-state index contributed by atoms with van der Waals surface area (Å²) in [6, 6.07) is 22.9. The molecule has 2 N–H and O–H groups in total. The molecular weight excluding hydrogens is 436 g/mol. The first-order valence-corrected chi connectivity index (χ1v) is 11.6. The number of sulfonamides is 1. The second kappa shape index (κ2) is 8.79. The van der Waals surface area contributed by atoms with Gasteiger partial charge in [-0.25, -0.2) is 13.6 Å². The van der Waals surface area contributed by atoms with Crippen LogP contribution in [-0.4, -0.2) is 15.0 Å². The Morgan fingerprint density at radius 3 is 2.30 bits per heavy atom. The average molecular weight is 457 g/mol. The predicted octanol–water partition coefficient (Wildman–Crippen LogP) is 4.38. The van der Waals surface area contributed by atoms with Gasteiger partial charge in [0.1, 0.15) is 23.6 Å². The van der Waals surface area contributed by atoms with Crippen molar-refractivity contribution in [1.29, 1.82) is 10.5 Å². The van der Waals surface area contributed by atoms with Gasteiger partial charge in [0.05, 0.1) is 16.0 Å². The van der Waals surface area contributed by atoms with Gasteiger partial charge in [-0.2, -0.15) is 10.5 Å². The lowest BCUT2D eigenvalue weighted by Crippen LogP contribution is -2.18. The van der Waals surface area contributed by atoms with Crippen molar-refractivity contribution in [3.63, 3.8) is 0 Å². The van der Waals surface area contributed by atoms with E-state index in [1.165, 1.54) is 12.1 Å². The second-order valence-electron chi connectivity index (χ2n) is 7.69. The monoisotopic (exact) mass is 456 g/mol. The summed E-state index contributed by atoms with van der Waals surface area (Å²) in [5.41, 5.74) is 3.45. The summed E-state index contributed by atoms with van der Waals surface area (Å²) in [6.07, 6.45) is 0.692. The molecule has 0 spiro atoms. The van der Waals surface area contributed by atoms with E-state index < -0.39 is 10.0 Å². The van der Waals surface area contributed by atoms with E-state index in [0.29, 0.717) is 35.6 Å². The highest BCUT2D eigenvalue weighted by Gasteiger charge is 2.28. The maximum atomic E-state index is 11.5. The van der Waals surface area contributed by atoms with E-state index in [2.05, 4.69) is 18.7 Å². The number of allylic oxidation sites excluding steroid dienone is 1. The van der Waals surface area contributed by atoms with Crippen LogP contribution in [-0.2, 0) is 10.0 Å². The Morgan fingerprint density at radius 1 is 0.970 bits per heavy atom. The third-order valence-corrected chi connectivity index (χ3v) is 6.50. The lowest BCUT2D eigenvalue weighted by molar-refractivity contribution is 0.478. The molecule has 3 aromatic carbocycles. The SMILES string of the molecule is C=C1C[C@H](c2ccc(C#N)c(Oc3ccccc3C#N)c2)CN1c1ccc(S(N)(=O)=O)cc1. The molecule has 8 heteroatoms. The molecule has 1 heterocycles. The fourth-order valence-electron chi connectivity index (χ4n) is 3.87. The zero-order valence-electron chi connectivity index (χ0n) is 17.6. The summed E-state index contributed by atoms with van der Waals surface area (Å²) >= 11 is 0. The number of hydrogen-bond donors (Lipinski definition) is 1. The summed E-state index contributed by atoms with van der Waals surface area (Å²) in [5.74, 6) is 0.872. The highest BCUT2D eigenvalue weighted by molar-refractivity contribution is 7.89. The molecule has 7 nitrogen and oxygen atoms in total. The van der Waals surface area contributed by atoms with Gasteiger partial charge in [0.15, 0.2) is 0 Å². The third-order valence-electron chi connectivity index (χ3n) is 5.57. The molecule has 0 radical (unpaired) electrons. The van der Waals surface area contributed by atoms with Crippen LogP contribution in [0.4, 0.5) is 5.69 Å². The molecule has 4 rings (SSSR count). The maximum Gasteiger partial charge on any atom is 0.238 e. The topological polar surface area (TPSA) is 120 Å². The molecule has 0 unspecified atom stereocenters. The largest absolute Gasteiger partial charge is 0.455 e. The van der Waals surface area contributed by atoms with E-state index in [1.807, 2.05) is 17.0 Å². The van der Waals surface area contributed by atoms with Crippen molar-refractivity contribution in [2.24, 2.45) is 5.14 Å². The molecule has 3 aromatic rings. The number of rotatable bonds is 5. The number of hydrogen-bond acceptors (Lipinski definition) is 6. The summed E-state index contributed by atoms with van der Waals surface area (Å²) in [4.78, 5) is 2.08. The Kier molecular flexibility index (Phi) is 5.89. The lowest BCUT2D eigenvalue weighted by atomic mass is 9.96. The highest BCUT2D eigenvalue weighted by Crippen LogP contribution is 2.39.